The molecule has 110 valence electrons. The summed E-state index contributed by atoms with van der Waals surface area (Å²) in [5.41, 5.74) is 1.32. The molecule has 1 aromatic heterocycles. The predicted octanol–water partition coefficient (Wildman–Crippen LogP) is 2.21. The first-order chi connectivity index (χ1) is 9.79. The number of nitrogens with one attached hydrogen (secondary N) is 1. The Morgan fingerprint density at radius 1 is 1.40 bits per heavy atom. The maximum Gasteiger partial charge on any atom is 0.137 e. The molecule has 1 aliphatic carbocycles. The lowest BCUT2D eigenvalue weighted by atomic mass is 10.1. The molecule has 0 amide bonds. The van der Waals surface area contributed by atoms with Gasteiger partial charge in [-0.3, -0.25) is 4.98 Å². The van der Waals surface area contributed by atoms with Crippen molar-refractivity contribution in [2.75, 3.05) is 26.9 Å². The number of methoxy groups -OCH3 is 1. The number of hydrogen-bond acceptors (Lipinski definition) is 4. The summed E-state index contributed by atoms with van der Waals surface area (Å²) in [5, 5.41) is 3.34. The van der Waals surface area contributed by atoms with Crippen molar-refractivity contribution in [3.8, 4) is 5.75 Å². The lowest BCUT2D eigenvalue weighted by Crippen LogP contribution is -2.46. The number of rotatable bonds is 7. The summed E-state index contributed by atoms with van der Waals surface area (Å²) in [6.45, 7) is 5.03. The van der Waals surface area contributed by atoms with Crippen LogP contribution in [-0.2, 0) is 4.74 Å². The quantitative estimate of drug-likeness (QED) is 0.829. The van der Waals surface area contributed by atoms with E-state index >= 15 is 0 Å². The number of aromatic nitrogens is 1. The molecule has 1 aliphatic heterocycles. The van der Waals surface area contributed by atoms with Crippen LogP contribution >= 0.6 is 0 Å². The van der Waals surface area contributed by atoms with Crippen LogP contribution in [-0.4, -0.2) is 37.9 Å². The first-order valence-electron chi connectivity index (χ1n) is 7.59. The molecule has 1 saturated carbocycles. The van der Waals surface area contributed by atoms with Crippen LogP contribution in [0.25, 0.3) is 0 Å². The Hall–Kier alpha value is -1.13. The van der Waals surface area contributed by atoms with Crippen LogP contribution in [0.2, 0.25) is 0 Å². The summed E-state index contributed by atoms with van der Waals surface area (Å²) in [5.74, 6) is 3.00. The molecule has 2 aliphatic rings. The molecule has 4 heteroatoms. The van der Waals surface area contributed by atoms with Crippen LogP contribution in [0.3, 0.4) is 0 Å². The summed E-state index contributed by atoms with van der Waals surface area (Å²) in [4.78, 5) is 4.34. The Balaban J connectivity index is 1.56. The van der Waals surface area contributed by atoms with Crippen LogP contribution in [0, 0.1) is 11.8 Å². The van der Waals surface area contributed by atoms with Crippen LogP contribution in [0.4, 0.5) is 0 Å². The Morgan fingerprint density at radius 2 is 2.25 bits per heavy atom. The van der Waals surface area contributed by atoms with E-state index in [-0.39, 0.29) is 0 Å². The first-order valence-corrected chi connectivity index (χ1v) is 7.59. The molecule has 0 spiro atoms. The van der Waals surface area contributed by atoms with E-state index in [4.69, 9.17) is 9.47 Å². The van der Waals surface area contributed by atoms with E-state index in [1.807, 2.05) is 12.4 Å². The van der Waals surface area contributed by atoms with E-state index in [9.17, 15) is 0 Å². The molecule has 4 nitrogen and oxygen atoms in total. The predicted molar refractivity (Wildman–Crippen MR) is 78.0 cm³/mol. The molecular formula is C16H24N2O2. The lowest BCUT2D eigenvalue weighted by Gasteiger charge is -2.27. The fraction of sp³-hybridized carbons (Fsp3) is 0.688. The SMILES string of the molecule is COCC[C@H]1[C@H](C)[C@@H]1c1cncc(OC[C@@H]2CCN2)c1. The topological polar surface area (TPSA) is 43.4 Å². The van der Waals surface area contributed by atoms with E-state index in [0.29, 0.717) is 12.0 Å². The summed E-state index contributed by atoms with van der Waals surface area (Å²) in [6.07, 6.45) is 6.16. The van der Waals surface area contributed by atoms with E-state index in [2.05, 4.69) is 23.3 Å². The second-order valence-electron chi connectivity index (χ2n) is 6.03. The number of pyridine rings is 1. The fourth-order valence-corrected chi connectivity index (χ4v) is 3.18. The largest absolute Gasteiger partial charge is 0.490 e. The molecule has 2 heterocycles. The fourth-order valence-electron chi connectivity index (χ4n) is 3.18. The highest BCUT2D eigenvalue weighted by molar-refractivity contribution is 5.31. The molecule has 4 atom stereocenters. The third-order valence-corrected chi connectivity index (χ3v) is 4.71. The minimum atomic E-state index is 0.521. The Morgan fingerprint density at radius 3 is 2.95 bits per heavy atom. The smallest absolute Gasteiger partial charge is 0.137 e. The maximum atomic E-state index is 5.83. The van der Waals surface area contributed by atoms with Crippen LogP contribution in [0.1, 0.15) is 31.2 Å². The number of hydrogen-bond donors (Lipinski definition) is 1. The molecule has 0 bridgehead atoms. The van der Waals surface area contributed by atoms with Crippen molar-refractivity contribution in [1.82, 2.24) is 10.3 Å². The van der Waals surface area contributed by atoms with Gasteiger partial charge in [-0.2, -0.15) is 0 Å². The lowest BCUT2D eigenvalue weighted by molar-refractivity contribution is 0.188. The minimum Gasteiger partial charge on any atom is -0.490 e. The van der Waals surface area contributed by atoms with Crippen molar-refractivity contribution in [1.29, 1.82) is 0 Å². The molecular weight excluding hydrogens is 252 g/mol. The van der Waals surface area contributed by atoms with Gasteiger partial charge in [0.1, 0.15) is 12.4 Å². The highest BCUT2D eigenvalue weighted by Gasteiger charge is 2.47. The van der Waals surface area contributed by atoms with Gasteiger partial charge in [-0.1, -0.05) is 6.92 Å². The molecule has 0 unspecified atom stereocenters. The summed E-state index contributed by atoms with van der Waals surface area (Å²) in [7, 11) is 1.77. The van der Waals surface area contributed by atoms with Gasteiger partial charge in [0.25, 0.3) is 0 Å². The molecule has 1 saturated heterocycles. The van der Waals surface area contributed by atoms with Crippen molar-refractivity contribution < 1.29 is 9.47 Å². The van der Waals surface area contributed by atoms with Gasteiger partial charge in [0.2, 0.25) is 0 Å². The minimum absolute atomic E-state index is 0.521. The molecule has 1 aromatic rings. The van der Waals surface area contributed by atoms with Crippen molar-refractivity contribution in [2.45, 2.75) is 31.7 Å². The zero-order chi connectivity index (χ0) is 13.9. The zero-order valence-electron chi connectivity index (χ0n) is 12.3. The standard InChI is InChI=1S/C16H24N2O2/c1-11-15(4-6-19-2)16(11)12-7-14(9-17-8-12)20-10-13-3-5-18-13/h7-9,11,13,15-16,18H,3-6,10H2,1-2H3/t11-,13-,15-,16+/m0/s1. The molecule has 3 rings (SSSR count). The van der Waals surface area contributed by atoms with E-state index < -0.39 is 0 Å². The highest BCUT2D eigenvalue weighted by atomic mass is 16.5. The Kier molecular flexibility index (Phi) is 4.22. The summed E-state index contributed by atoms with van der Waals surface area (Å²) in [6, 6.07) is 2.69. The molecule has 2 fully saturated rings. The summed E-state index contributed by atoms with van der Waals surface area (Å²) >= 11 is 0. The van der Waals surface area contributed by atoms with Gasteiger partial charge in [-0.15, -0.1) is 0 Å². The zero-order valence-corrected chi connectivity index (χ0v) is 12.3. The molecule has 0 aromatic carbocycles. The van der Waals surface area contributed by atoms with Crippen LogP contribution < -0.4 is 10.1 Å². The third-order valence-electron chi connectivity index (χ3n) is 4.71. The van der Waals surface area contributed by atoms with Gasteiger partial charge in [0.05, 0.1) is 6.20 Å². The van der Waals surface area contributed by atoms with Gasteiger partial charge in [-0.05, 0) is 48.8 Å². The first kappa shape index (κ1) is 13.8. The van der Waals surface area contributed by atoms with E-state index in [0.717, 1.165) is 43.8 Å². The number of ether oxygens (including phenoxy) is 2. The van der Waals surface area contributed by atoms with Crippen molar-refractivity contribution in [3.05, 3.63) is 24.0 Å². The van der Waals surface area contributed by atoms with E-state index in [1.165, 1.54) is 12.0 Å². The highest BCUT2D eigenvalue weighted by Crippen LogP contribution is 2.55. The molecule has 20 heavy (non-hydrogen) atoms. The number of nitrogens with zero attached hydrogens (tertiary/aromatic N) is 1. The maximum absolute atomic E-state index is 5.83. The second-order valence-corrected chi connectivity index (χ2v) is 6.03. The van der Waals surface area contributed by atoms with Gasteiger partial charge in [0.15, 0.2) is 0 Å². The van der Waals surface area contributed by atoms with Crippen molar-refractivity contribution in [3.63, 3.8) is 0 Å². The normalized spacial score (nSPS) is 31.7. The average Bonchev–Trinajstić information content (AvgIpc) is 3.05. The van der Waals surface area contributed by atoms with Crippen molar-refractivity contribution in [2.24, 2.45) is 11.8 Å². The van der Waals surface area contributed by atoms with E-state index in [1.54, 1.807) is 7.11 Å². The van der Waals surface area contributed by atoms with Crippen LogP contribution in [0.5, 0.6) is 5.75 Å². The van der Waals surface area contributed by atoms with Gasteiger partial charge >= 0.3 is 0 Å². The monoisotopic (exact) mass is 276 g/mol. The van der Waals surface area contributed by atoms with Crippen LogP contribution in [0.15, 0.2) is 18.5 Å². The van der Waals surface area contributed by atoms with Gasteiger partial charge in [-0.25, -0.2) is 0 Å². The Labute approximate surface area is 120 Å². The second kappa shape index (κ2) is 6.10. The average molecular weight is 276 g/mol. The Bertz CT molecular complexity index is 448. The molecule has 1 N–H and O–H groups in total. The van der Waals surface area contributed by atoms with Gasteiger partial charge in [0, 0.05) is 26.0 Å². The van der Waals surface area contributed by atoms with Gasteiger partial charge < -0.3 is 14.8 Å². The van der Waals surface area contributed by atoms with Crippen molar-refractivity contribution >= 4 is 0 Å². The molecule has 0 radical (unpaired) electrons. The summed E-state index contributed by atoms with van der Waals surface area (Å²) < 4.78 is 11.0. The third kappa shape index (κ3) is 2.96.